The minimum Gasteiger partial charge on any atom is -0.462 e. The van der Waals surface area contributed by atoms with Gasteiger partial charge in [0, 0.05) is 21.9 Å². The first-order valence-electron chi connectivity index (χ1n) is 11.2. The van der Waals surface area contributed by atoms with Crippen LogP contribution in [0, 0.1) is 0 Å². The molecular weight excluding hydrogens is 404 g/mol. The molecule has 1 aliphatic carbocycles. The van der Waals surface area contributed by atoms with Crippen molar-refractivity contribution in [2.75, 3.05) is 13.2 Å². The molecule has 0 aromatic heterocycles. The maximum absolute atomic E-state index is 13.2. The molecule has 0 saturated carbocycles. The number of unbranched alkanes of at least 4 members (excludes halogenated alkanes) is 2. The molecule has 0 unspecified atom stereocenters. The molecule has 0 atom stereocenters. The van der Waals surface area contributed by atoms with Crippen molar-refractivity contribution in [2.45, 2.75) is 39.5 Å². The fraction of sp³-hybridized carbons (Fsp3) is 0.296. The predicted octanol–water partition coefficient (Wildman–Crippen LogP) is 5.97. The fourth-order valence-corrected chi connectivity index (χ4v) is 4.08. The third kappa shape index (κ3) is 3.79. The van der Waals surface area contributed by atoms with Crippen LogP contribution in [0.3, 0.4) is 0 Å². The molecule has 164 valence electrons. The highest BCUT2D eigenvalue weighted by Crippen LogP contribution is 2.42. The zero-order chi connectivity index (χ0) is 22.7. The lowest BCUT2D eigenvalue weighted by molar-refractivity contribution is 0.0500. The lowest BCUT2D eigenvalue weighted by atomic mass is 9.80. The molecule has 32 heavy (non-hydrogen) atoms. The maximum Gasteiger partial charge on any atom is 0.338 e. The summed E-state index contributed by atoms with van der Waals surface area (Å²) in [6.07, 6.45) is 3.31. The van der Waals surface area contributed by atoms with Crippen LogP contribution in [0.25, 0.3) is 21.9 Å². The largest absolute Gasteiger partial charge is 0.462 e. The van der Waals surface area contributed by atoms with Gasteiger partial charge in [-0.3, -0.25) is 4.79 Å². The van der Waals surface area contributed by atoms with E-state index in [-0.39, 0.29) is 16.9 Å². The van der Waals surface area contributed by atoms with Gasteiger partial charge >= 0.3 is 11.9 Å². The molecule has 0 radical (unpaired) electrons. The van der Waals surface area contributed by atoms with E-state index in [0.717, 1.165) is 36.8 Å². The van der Waals surface area contributed by atoms with Gasteiger partial charge in [0.05, 0.1) is 24.3 Å². The van der Waals surface area contributed by atoms with Gasteiger partial charge in [0.25, 0.3) is 0 Å². The van der Waals surface area contributed by atoms with Gasteiger partial charge < -0.3 is 9.47 Å². The average molecular weight is 431 g/mol. The van der Waals surface area contributed by atoms with E-state index >= 15 is 0 Å². The first-order chi connectivity index (χ1) is 15.6. The van der Waals surface area contributed by atoms with E-state index in [1.807, 2.05) is 38.1 Å². The number of hydrogen-bond donors (Lipinski definition) is 0. The molecule has 3 aromatic carbocycles. The highest BCUT2D eigenvalue weighted by molar-refractivity contribution is 6.29. The predicted molar refractivity (Wildman–Crippen MR) is 123 cm³/mol. The normalized spacial score (nSPS) is 11.9. The standard InChI is InChI=1S/C27H26O5/c1-3-5-15-31-26(29)21-13-11-18-17-9-7-8-10-19(17)25(28)20-12-14-22(24(21)23(18)20)27(30)32-16-6-4-2/h7-14H,3-6,15-16H2,1-2H3. The van der Waals surface area contributed by atoms with E-state index in [0.29, 0.717) is 35.1 Å². The van der Waals surface area contributed by atoms with Gasteiger partial charge in [0.2, 0.25) is 0 Å². The molecule has 0 fully saturated rings. The van der Waals surface area contributed by atoms with Crippen LogP contribution >= 0.6 is 0 Å². The Morgan fingerprint density at radius 1 is 0.656 bits per heavy atom. The molecular formula is C27H26O5. The highest BCUT2D eigenvalue weighted by atomic mass is 16.5. The first-order valence-corrected chi connectivity index (χ1v) is 11.2. The SMILES string of the molecule is CCCCOC(=O)c1ccc2c3c(ccc(C(=O)OCCCC)c13)-c1ccccc1C2=O. The number of hydrogen-bond acceptors (Lipinski definition) is 5. The van der Waals surface area contributed by atoms with Crippen LogP contribution in [0.4, 0.5) is 0 Å². The van der Waals surface area contributed by atoms with E-state index < -0.39 is 11.9 Å². The third-order valence-corrected chi connectivity index (χ3v) is 5.77. The number of benzene rings is 3. The molecule has 1 aliphatic rings. The lowest BCUT2D eigenvalue weighted by Gasteiger charge is -2.22. The Bertz CT molecular complexity index is 1180. The molecule has 3 aromatic rings. The van der Waals surface area contributed by atoms with Gasteiger partial charge in [-0.05, 0) is 42.2 Å². The van der Waals surface area contributed by atoms with E-state index in [4.69, 9.17) is 9.47 Å². The number of ether oxygens (including phenoxy) is 2. The molecule has 0 saturated heterocycles. The monoisotopic (exact) mass is 430 g/mol. The van der Waals surface area contributed by atoms with E-state index in [9.17, 15) is 14.4 Å². The van der Waals surface area contributed by atoms with Gasteiger partial charge in [-0.15, -0.1) is 0 Å². The molecule has 0 bridgehead atoms. The van der Waals surface area contributed by atoms with Crippen molar-refractivity contribution in [2.24, 2.45) is 0 Å². The molecule has 4 rings (SSSR count). The van der Waals surface area contributed by atoms with Crippen molar-refractivity contribution in [3.8, 4) is 11.1 Å². The summed E-state index contributed by atoms with van der Waals surface area (Å²) in [5.74, 6) is -1.13. The highest BCUT2D eigenvalue weighted by Gasteiger charge is 2.30. The Morgan fingerprint density at radius 2 is 1.19 bits per heavy atom. The van der Waals surface area contributed by atoms with Crippen LogP contribution in [-0.4, -0.2) is 30.9 Å². The molecule has 0 aliphatic heterocycles. The van der Waals surface area contributed by atoms with E-state index in [1.165, 1.54) is 0 Å². The fourth-order valence-electron chi connectivity index (χ4n) is 4.08. The van der Waals surface area contributed by atoms with Crippen LogP contribution in [0.1, 0.15) is 76.2 Å². The topological polar surface area (TPSA) is 69.7 Å². The Labute approximate surface area is 187 Å². The minimum atomic E-state index is -0.504. The van der Waals surface area contributed by atoms with Crippen molar-refractivity contribution < 1.29 is 23.9 Å². The molecule has 0 amide bonds. The molecule has 0 heterocycles. The zero-order valence-electron chi connectivity index (χ0n) is 18.4. The maximum atomic E-state index is 13.2. The van der Waals surface area contributed by atoms with Gasteiger partial charge in [0.15, 0.2) is 5.78 Å². The van der Waals surface area contributed by atoms with Crippen molar-refractivity contribution in [3.63, 3.8) is 0 Å². The molecule has 0 N–H and O–H groups in total. The summed E-state index contributed by atoms with van der Waals surface area (Å²) in [6, 6.07) is 14.2. The molecule has 5 nitrogen and oxygen atoms in total. The minimum absolute atomic E-state index is 0.125. The van der Waals surface area contributed by atoms with Crippen molar-refractivity contribution in [3.05, 3.63) is 70.8 Å². The number of esters is 2. The van der Waals surface area contributed by atoms with Gasteiger partial charge in [-0.25, -0.2) is 9.59 Å². The van der Waals surface area contributed by atoms with E-state index in [2.05, 4.69) is 0 Å². The Morgan fingerprint density at radius 3 is 1.75 bits per heavy atom. The number of carbonyl (C=O) groups excluding carboxylic acids is 3. The van der Waals surface area contributed by atoms with E-state index in [1.54, 1.807) is 24.3 Å². The number of fused-ring (bicyclic) bond motifs is 2. The van der Waals surface area contributed by atoms with Crippen molar-refractivity contribution in [1.29, 1.82) is 0 Å². The Hall–Kier alpha value is -3.47. The molecule has 5 heteroatoms. The second-order valence-electron chi connectivity index (χ2n) is 7.93. The van der Waals surface area contributed by atoms with Crippen molar-refractivity contribution in [1.82, 2.24) is 0 Å². The van der Waals surface area contributed by atoms with Crippen LogP contribution < -0.4 is 0 Å². The smallest absolute Gasteiger partial charge is 0.338 e. The third-order valence-electron chi connectivity index (χ3n) is 5.77. The summed E-state index contributed by atoms with van der Waals surface area (Å²) in [5.41, 5.74) is 3.24. The van der Waals surface area contributed by atoms with Crippen LogP contribution in [0.15, 0.2) is 48.5 Å². The average Bonchev–Trinajstić information content (AvgIpc) is 2.82. The summed E-state index contributed by atoms with van der Waals surface area (Å²) in [7, 11) is 0. The summed E-state index contributed by atoms with van der Waals surface area (Å²) in [5, 5.41) is 1.02. The lowest BCUT2D eigenvalue weighted by Crippen LogP contribution is -2.16. The Balaban J connectivity index is 1.93. The van der Waals surface area contributed by atoms with Crippen LogP contribution in [0.5, 0.6) is 0 Å². The zero-order valence-corrected chi connectivity index (χ0v) is 18.4. The van der Waals surface area contributed by atoms with Crippen molar-refractivity contribution >= 4 is 28.5 Å². The van der Waals surface area contributed by atoms with Gasteiger partial charge in [-0.1, -0.05) is 57.0 Å². The van der Waals surface area contributed by atoms with Crippen LogP contribution in [-0.2, 0) is 9.47 Å². The Kier molecular flexibility index (Phi) is 6.35. The first kappa shape index (κ1) is 21.8. The molecule has 0 spiro atoms. The number of ketones is 1. The second kappa shape index (κ2) is 9.35. The number of rotatable bonds is 8. The second-order valence-corrected chi connectivity index (χ2v) is 7.93. The number of carbonyl (C=O) groups is 3. The summed E-state index contributed by atoms with van der Waals surface area (Å²) in [6.45, 7) is 4.64. The summed E-state index contributed by atoms with van der Waals surface area (Å²) in [4.78, 5) is 39.2. The summed E-state index contributed by atoms with van der Waals surface area (Å²) >= 11 is 0. The van der Waals surface area contributed by atoms with Gasteiger partial charge in [0.1, 0.15) is 0 Å². The summed E-state index contributed by atoms with van der Waals surface area (Å²) < 4.78 is 10.9. The van der Waals surface area contributed by atoms with Gasteiger partial charge in [-0.2, -0.15) is 0 Å². The van der Waals surface area contributed by atoms with Crippen LogP contribution in [0.2, 0.25) is 0 Å². The quantitative estimate of drug-likeness (QED) is 0.255.